The maximum absolute atomic E-state index is 13.1. The summed E-state index contributed by atoms with van der Waals surface area (Å²) in [6.07, 6.45) is 2.21. The van der Waals surface area contributed by atoms with Crippen LogP contribution in [0.5, 0.6) is 0 Å². The van der Waals surface area contributed by atoms with Crippen LogP contribution >= 0.6 is 0 Å². The van der Waals surface area contributed by atoms with E-state index < -0.39 is 15.8 Å². The predicted octanol–water partition coefficient (Wildman–Crippen LogP) is 1.02. The van der Waals surface area contributed by atoms with Crippen molar-refractivity contribution in [3.8, 4) is 0 Å². The molecule has 0 atom stereocenters. The van der Waals surface area contributed by atoms with E-state index in [0.29, 0.717) is 0 Å². The van der Waals surface area contributed by atoms with Gasteiger partial charge in [-0.25, -0.2) is 22.8 Å². The van der Waals surface area contributed by atoms with Gasteiger partial charge in [-0.05, 0) is 18.2 Å². The minimum absolute atomic E-state index is 0.0210. The third kappa shape index (κ3) is 2.63. The van der Waals surface area contributed by atoms with E-state index >= 15 is 0 Å². The second-order valence-electron chi connectivity index (χ2n) is 3.73. The van der Waals surface area contributed by atoms with Gasteiger partial charge in [0.05, 0.1) is 18.1 Å². The summed E-state index contributed by atoms with van der Waals surface area (Å²) in [5.41, 5.74) is 5.50. The van der Waals surface area contributed by atoms with Crippen LogP contribution in [0.15, 0.2) is 41.6 Å². The first-order chi connectivity index (χ1) is 8.91. The van der Waals surface area contributed by atoms with E-state index in [-0.39, 0.29) is 16.5 Å². The number of benzene rings is 1. The third-order valence-corrected chi connectivity index (χ3v) is 4.22. The normalized spacial score (nSPS) is 11.3. The Bertz CT molecular complexity index is 688. The van der Waals surface area contributed by atoms with Crippen LogP contribution in [0.3, 0.4) is 0 Å². The van der Waals surface area contributed by atoms with Crippen molar-refractivity contribution < 1.29 is 12.8 Å². The van der Waals surface area contributed by atoms with Crippen molar-refractivity contribution in [2.45, 2.75) is 4.90 Å². The lowest BCUT2D eigenvalue weighted by atomic mass is 10.3. The predicted molar refractivity (Wildman–Crippen MR) is 68.4 cm³/mol. The largest absolute Gasteiger partial charge is 0.368 e. The zero-order chi connectivity index (χ0) is 14.0. The quantitative estimate of drug-likeness (QED) is 0.908. The van der Waals surface area contributed by atoms with Gasteiger partial charge in [0.15, 0.2) is 0 Å². The van der Waals surface area contributed by atoms with Crippen molar-refractivity contribution in [3.63, 3.8) is 0 Å². The zero-order valence-electron chi connectivity index (χ0n) is 9.99. The van der Waals surface area contributed by atoms with Gasteiger partial charge < -0.3 is 5.73 Å². The van der Waals surface area contributed by atoms with Crippen LogP contribution in [0.4, 0.5) is 16.0 Å². The molecule has 8 heteroatoms. The zero-order valence-corrected chi connectivity index (χ0v) is 10.8. The third-order valence-electron chi connectivity index (χ3n) is 2.48. The second kappa shape index (κ2) is 4.81. The molecule has 0 bridgehead atoms. The standard InChI is InChI=1S/C11H11FN4O2S/c1-16(9-4-2-3-8(12)5-9)19(17,18)10-6-14-11(13)15-7-10/h2-7H,1H3,(H2,13,14,15). The Kier molecular flexibility index (Phi) is 3.34. The smallest absolute Gasteiger partial charge is 0.267 e. The van der Waals surface area contributed by atoms with Crippen LogP contribution in [0.25, 0.3) is 0 Å². The SMILES string of the molecule is CN(c1cccc(F)c1)S(=O)(=O)c1cnc(N)nc1. The summed E-state index contributed by atoms with van der Waals surface area (Å²) in [6, 6.07) is 5.26. The number of halogens is 1. The molecule has 0 aliphatic carbocycles. The molecule has 0 aliphatic rings. The Balaban J connectivity index is 2.42. The molecule has 0 unspecified atom stereocenters. The van der Waals surface area contributed by atoms with Crippen LogP contribution < -0.4 is 10.0 Å². The molecule has 0 spiro atoms. The van der Waals surface area contributed by atoms with Crippen LogP contribution in [0, 0.1) is 5.82 Å². The molecule has 1 aromatic carbocycles. The topological polar surface area (TPSA) is 89.2 Å². The number of nitrogens with two attached hydrogens (primary N) is 1. The maximum atomic E-state index is 13.1. The fraction of sp³-hybridized carbons (Fsp3) is 0.0909. The minimum Gasteiger partial charge on any atom is -0.368 e. The molecule has 100 valence electrons. The molecule has 6 nitrogen and oxygen atoms in total. The molecule has 19 heavy (non-hydrogen) atoms. The van der Waals surface area contributed by atoms with Crippen molar-refractivity contribution in [3.05, 3.63) is 42.5 Å². The van der Waals surface area contributed by atoms with Gasteiger partial charge >= 0.3 is 0 Å². The second-order valence-corrected chi connectivity index (χ2v) is 5.70. The Morgan fingerprint density at radius 2 is 1.89 bits per heavy atom. The molecule has 1 heterocycles. The summed E-state index contributed by atoms with van der Waals surface area (Å²) in [5, 5.41) is 0. The molecule has 2 rings (SSSR count). The van der Waals surface area contributed by atoms with Crippen molar-refractivity contribution in [1.29, 1.82) is 0 Å². The Hall–Kier alpha value is -2.22. The average Bonchev–Trinajstić information content (AvgIpc) is 2.38. The van der Waals surface area contributed by atoms with Crippen LogP contribution in [0.1, 0.15) is 0 Å². The van der Waals surface area contributed by atoms with E-state index in [4.69, 9.17) is 5.73 Å². The Labute approximate surface area is 109 Å². The molecule has 0 saturated heterocycles. The number of hydrogen-bond acceptors (Lipinski definition) is 5. The summed E-state index contributed by atoms with van der Waals surface area (Å²) in [5.74, 6) is -0.541. The van der Waals surface area contributed by atoms with E-state index in [2.05, 4.69) is 9.97 Å². The first-order valence-electron chi connectivity index (χ1n) is 5.23. The molecule has 0 aliphatic heterocycles. The lowest BCUT2D eigenvalue weighted by molar-refractivity contribution is 0.593. The van der Waals surface area contributed by atoms with Gasteiger partial charge in [0, 0.05) is 7.05 Å². The number of rotatable bonds is 3. The number of aromatic nitrogens is 2. The van der Waals surface area contributed by atoms with E-state index in [0.717, 1.165) is 22.8 Å². The summed E-state index contributed by atoms with van der Waals surface area (Å²) in [4.78, 5) is 7.13. The monoisotopic (exact) mass is 282 g/mol. The summed E-state index contributed by atoms with van der Waals surface area (Å²) >= 11 is 0. The first kappa shape index (κ1) is 13.2. The minimum atomic E-state index is -3.84. The van der Waals surface area contributed by atoms with Gasteiger partial charge in [0.1, 0.15) is 10.7 Å². The molecule has 0 radical (unpaired) electrons. The highest BCUT2D eigenvalue weighted by molar-refractivity contribution is 7.92. The van der Waals surface area contributed by atoms with E-state index in [1.807, 2.05) is 0 Å². The highest BCUT2D eigenvalue weighted by Crippen LogP contribution is 2.21. The van der Waals surface area contributed by atoms with Gasteiger partial charge in [0.25, 0.3) is 10.0 Å². The van der Waals surface area contributed by atoms with Gasteiger partial charge in [0.2, 0.25) is 5.95 Å². The fourth-order valence-corrected chi connectivity index (χ4v) is 2.51. The Morgan fingerprint density at radius 1 is 1.26 bits per heavy atom. The maximum Gasteiger partial charge on any atom is 0.267 e. The molecule has 2 aromatic rings. The summed E-state index contributed by atoms with van der Waals surface area (Å²) in [7, 11) is -2.52. The first-order valence-corrected chi connectivity index (χ1v) is 6.67. The van der Waals surface area contributed by atoms with Gasteiger partial charge in [-0.3, -0.25) is 4.31 Å². The lowest BCUT2D eigenvalue weighted by Crippen LogP contribution is -2.27. The number of nitrogen functional groups attached to an aromatic ring is 1. The highest BCUT2D eigenvalue weighted by atomic mass is 32.2. The molecule has 0 saturated carbocycles. The van der Waals surface area contributed by atoms with Crippen molar-refractivity contribution in [2.24, 2.45) is 0 Å². The highest BCUT2D eigenvalue weighted by Gasteiger charge is 2.22. The Morgan fingerprint density at radius 3 is 2.47 bits per heavy atom. The van der Waals surface area contributed by atoms with Crippen molar-refractivity contribution >= 4 is 21.7 Å². The van der Waals surface area contributed by atoms with Gasteiger partial charge in [-0.2, -0.15) is 0 Å². The van der Waals surface area contributed by atoms with Gasteiger partial charge in [-0.15, -0.1) is 0 Å². The number of sulfonamides is 1. The van der Waals surface area contributed by atoms with Crippen molar-refractivity contribution in [2.75, 3.05) is 17.1 Å². The van der Waals surface area contributed by atoms with E-state index in [1.165, 1.54) is 25.2 Å². The number of nitrogens with zero attached hydrogens (tertiary/aromatic N) is 3. The van der Waals surface area contributed by atoms with E-state index in [1.54, 1.807) is 0 Å². The van der Waals surface area contributed by atoms with Crippen LogP contribution in [-0.2, 0) is 10.0 Å². The van der Waals surface area contributed by atoms with Crippen LogP contribution in [-0.4, -0.2) is 25.4 Å². The lowest BCUT2D eigenvalue weighted by Gasteiger charge is -2.19. The van der Waals surface area contributed by atoms with Crippen LogP contribution in [0.2, 0.25) is 0 Å². The molecular formula is C11H11FN4O2S. The molecule has 2 N–H and O–H groups in total. The summed E-state index contributed by atoms with van der Waals surface area (Å²) < 4.78 is 38.5. The van der Waals surface area contributed by atoms with Gasteiger partial charge in [-0.1, -0.05) is 6.07 Å². The molecule has 0 fully saturated rings. The number of anilines is 2. The molecule has 0 amide bonds. The van der Waals surface area contributed by atoms with Crippen molar-refractivity contribution in [1.82, 2.24) is 9.97 Å². The number of hydrogen-bond donors (Lipinski definition) is 1. The molecular weight excluding hydrogens is 271 g/mol. The molecule has 1 aromatic heterocycles. The van der Waals surface area contributed by atoms with E-state index in [9.17, 15) is 12.8 Å². The average molecular weight is 282 g/mol. The fourth-order valence-electron chi connectivity index (χ4n) is 1.43. The summed E-state index contributed by atoms with van der Waals surface area (Å²) in [6.45, 7) is 0.